The van der Waals surface area contributed by atoms with Gasteiger partial charge in [0.1, 0.15) is 11.6 Å². The predicted molar refractivity (Wildman–Crippen MR) is 69.9 cm³/mol. The second-order valence-electron chi connectivity index (χ2n) is 5.83. The van der Waals surface area contributed by atoms with Crippen molar-refractivity contribution in [1.29, 1.82) is 0 Å². The van der Waals surface area contributed by atoms with Crippen LogP contribution in [0.4, 0.5) is 0 Å². The Morgan fingerprint density at radius 3 is 2.18 bits per heavy atom. The van der Waals surface area contributed by atoms with Crippen molar-refractivity contribution < 1.29 is 9.59 Å². The average molecular weight is 238 g/mol. The van der Waals surface area contributed by atoms with E-state index in [9.17, 15) is 9.59 Å². The first-order valence-electron chi connectivity index (χ1n) is 7.08. The van der Waals surface area contributed by atoms with E-state index in [0.717, 1.165) is 32.1 Å². The molecule has 2 nitrogen and oxygen atoms in total. The summed E-state index contributed by atoms with van der Waals surface area (Å²) in [5, 5.41) is 0. The molecule has 1 fully saturated rings. The first-order chi connectivity index (χ1) is 8.02. The minimum absolute atomic E-state index is 0.0579. The average Bonchev–Trinajstić information content (AvgIpc) is 2.29. The second-order valence-corrected chi connectivity index (χ2v) is 5.83. The molecule has 0 amide bonds. The third kappa shape index (κ3) is 3.65. The first-order valence-corrected chi connectivity index (χ1v) is 7.08. The number of Topliss-reactive ketones (excluding diaryl/α,β-unsaturated/α-hetero) is 2. The van der Waals surface area contributed by atoms with E-state index >= 15 is 0 Å². The molecule has 0 aromatic rings. The van der Waals surface area contributed by atoms with Crippen LogP contribution in [0.3, 0.4) is 0 Å². The highest BCUT2D eigenvalue weighted by Gasteiger charge is 2.41. The molecule has 0 aromatic carbocycles. The third-order valence-electron chi connectivity index (χ3n) is 3.92. The van der Waals surface area contributed by atoms with Crippen molar-refractivity contribution in [2.45, 2.75) is 72.1 Å². The number of hydrogen-bond acceptors (Lipinski definition) is 2. The molecule has 0 heterocycles. The lowest BCUT2D eigenvalue weighted by atomic mass is 9.65. The second kappa shape index (κ2) is 6.32. The molecule has 0 aliphatic heterocycles. The molecule has 1 aliphatic rings. The van der Waals surface area contributed by atoms with Crippen molar-refractivity contribution in [2.75, 3.05) is 0 Å². The van der Waals surface area contributed by atoms with E-state index in [4.69, 9.17) is 0 Å². The molecule has 0 radical (unpaired) electrons. The maximum Gasteiger partial charge on any atom is 0.141 e. The van der Waals surface area contributed by atoms with Gasteiger partial charge in [0.25, 0.3) is 0 Å². The highest BCUT2D eigenvalue weighted by Crippen LogP contribution is 2.42. The van der Waals surface area contributed by atoms with Gasteiger partial charge in [-0.25, -0.2) is 0 Å². The smallest absolute Gasteiger partial charge is 0.141 e. The van der Waals surface area contributed by atoms with E-state index in [1.165, 1.54) is 6.42 Å². The topological polar surface area (TPSA) is 34.1 Å². The molecule has 0 aromatic heterocycles. The van der Waals surface area contributed by atoms with Gasteiger partial charge in [0.05, 0.1) is 0 Å². The fraction of sp³-hybridized carbons (Fsp3) is 0.867. The highest BCUT2D eigenvalue weighted by molar-refractivity contribution is 5.92. The Morgan fingerprint density at radius 2 is 1.71 bits per heavy atom. The quantitative estimate of drug-likeness (QED) is 0.702. The molecule has 0 spiro atoms. The van der Waals surface area contributed by atoms with Crippen molar-refractivity contribution in [3.63, 3.8) is 0 Å². The van der Waals surface area contributed by atoms with Gasteiger partial charge in [-0.3, -0.25) is 9.59 Å². The van der Waals surface area contributed by atoms with E-state index in [2.05, 4.69) is 0 Å². The summed E-state index contributed by atoms with van der Waals surface area (Å²) in [6, 6.07) is 0. The van der Waals surface area contributed by atoms with Gasteiger partial charge in [0, 0.05) is 24.2 Å². The molecule has 0 unspecified atom stereocenters. The molecular weight excluding hydrogens is 212 g/mol. The molecule has 0 atom stereocenters. The zero-order valence-electron chi connectivity index (χ0n) is 11.6. The summed E-state index contributed by atoms with van der Waals surface area (Å²) in [5.74, 6) is 0.660. The van der Waals surface area contributed by atoms with Crippen molar-refractivity contribution in [1.82, 2.24) is 0 Å². The van der Waals surface area contributed by atoms with Crippen molar-refractivity contribution >= 4 is 11.6 Å². The fourth-order valence-electron chi connectivity index (χ4n) is 3.10. The van der Waals surface area contributed by atoms with E-state index in [1.54, 1.807) is 0 Å². The Morgan fingerprint density at radius 1 is 1.12 bits per heavy atom. The molecule has 17 heavy (non-hydrogen) atoms. The zero-order valence-corrected chi connectivity index (χ0v) is 11.6. The molecule has 0 saturated heterocycles. The number of hydrogen-bond donors (Lipinski definition) is 0. The van der Waals surface area contributed by atoms with E-state index in [-0.39, 0.29) is 17.1 Å². The zero-order chi connectivity index (χ0) is 12.9. The molecule has 0 bridgehead atoms. The molecule has 1 saturated carbocycles. The maximum absolute atomic E-state index is 12.4. The number of carbonyl (C=O) groups excluding carboxylic acids is 2. The molecule has 98 valence electrons. The maximum atomic E-state index is 12.4. The first kappa shape index (κ1) is 14.4. The van der Waals surface area contributed by atoms with Crippen molar-refractivity contribution in [2.24, 2.45) is 11.3 Å². The van der Waals surface area contributed by atoms with Crippen LogP contribution in [0.1, 0.15) is 72.1 Å². The summed E-state index contributed by atoms with van der Waals surface area (Å²) in [4.78, 5) is 24.3. The Hall–Kier alpha value is -0.660. The van der Waals surface area contributed by atoms with Crippen LogP contribution < -0.4 is 0 Å². The molecule has 0 N–H and O–H groups in total. The third-order valence-corrected chi connectivity index (χ3v) is 3.92. The van der Waals surface area contributed by atoms with Crippen LogP contribution in [-0.2, 0) is 9.59 Å². The molecular formula is C15H26O2. The largest absolute Gasteiger partial charge is 0.300 e. The Bertz CT molecular complexity index is 273. The van der Waals surface area contributed by atoms with Crippen molar-refractivity contribution in [3.05, 3.63) is 0 Å². The van der Waals surface area contributed by atoms with Crippen LogP contribution in [0, 0.1) is 11.3 Å². The lowest BCUT2D eigenvalue weighted by Gasteiger charge is -2.36. The van der Waals surface area contributed by atoms with E-state index < -0.39 is 0 Å². The summed E-state index contributed by atoms with van der Waals surface area (Å²) >= 11 is 0. The minimum Gasteiger partial charge on any atom is -0.300 e. The standard InChI is InChI=1S/C15H26O2/c1-4-8-13(16)11-15(14(17)12(2)3)9-6-5-7-10-15/h12H,4-11H2,1-3H3. The number of rotatable bonds is 6. The molecule has 1 rings (SSSR count). The Balaban J connectivity index is 2.78. The van der Waals surface area contributed by atoms with Gasteiger partial charge in [-0.15, -0.1) is 0 Å². The lowest BCUT2D eigenvalue weighted by molar-refractivity contribution is -0.138. The minimum atomic E-state index is -0.307. The lowest BCUT2D eigenvalue weighted by Crippen LogP contribution is -2.38. The predicted octanol–water partition coefficient (Wildman–Crippen LogP) is 3.92. The summed E-state index contributed by atoms with van der Waals surface area (Å²) in [7, 11) is 0. The normalized spacial score (nSPS) is 19.3. The van der Waals surface area contributed by atoms with Crippen LogP contribution in [0.15, 0.2) is 0 Å². The summed E-state index contributed by atoms with van der Waals surface area (Å²) in [6.07, 6.45) is 7.32. The Kier molecular flexibility index (Phi) is 5.35. The number of carbonyl (C=O) groups is 2. The van der Waals surface area contributed by atoms with Gasteiger partial charge in [-0.05, 0) is 19.3 Å². The van der Waals surface area contributed by atoms with Gasteiger partial charge in [0.2, 0.25) is 0 Å². The summed E-state index contributed by atoms with van der Waals surface area (Å²) in [6.45, 7) is 5.95. The van der Waals surface area contributed by atoms with Crippen LogP contribution in [0.2, 0.25) is 0 Å². The summed E-state index contributed by atoms with van der Waals surface area (Å²) < 4.78 is 0. The molecule has 1 aliphatic carbocycles. The highest BCUT2D eigenvalue weighted by atomic mass is 16.1. The van der Waals surface area contributed by atoms with Gasteiger partial charge >= 0.3 is 0 Å². The van der Waals surface area contributed by atoms with Gasteiger partial charge in [-0.2, -0.15) is 0 Å². The number of ketones is 2. The van der Waals surface area contributed by atoms with Crippen molar-refractivity contribution in [3.8, 4) is 0 Å². The van der Waals surface area contributed by atoms with Gasteiger partial charge < -0.3 is 0 Å². The fourth-order valence-corrected chi connectivity index (χ4v) is 3.10. The van der Waals surface area contributed by atoms with Crippen LogP contribution in [-0.4, -0.2) is 11.6 Å². The van der Waals surface area contributed by atoms with Gasteiger partial charge in [0.15, 0.2) is 0 Å². The Labute approximate surface area is 105 Å². The van der Waals surface area contributed by atoms with E-state index in [0.29, 0.717) is 18.6 Å². The van der Waals surface area contributed by atoms with Crippen LogP contribution >= 0.6 is 0 Å². The van der Waals surface area contributed by atoms with Crippen LogP contribution in [0.5, 0.6) is 0 Å². The molecule has 2 heteroatoms. The SMILES string of the molecule is CCCC(=O)CC1(C(=O)C(C)C)CCCCC1. The van der Waals surface area contributed by atoms with Gasteiger partial charge in [-0.1, -0.05) is 40.0 Å². The summed E-state index contributed by atoms with van der Waals surface area (Å²) in [5.41, 5.74) is -0.307. The monoisotopic (exact) mass is 238 g/mol. The van der Waals surface area contributed by atoms with Crippen LogP contribution in [0.25, 0.3) is 0 Å². The van der Waals surface area contributed by atoms with E-state index in [1.807, 2.05) is 20.8 Å².